The van der Waals surface area contributed by atoms with E-state index in [-0.39, 0.29) is 26.1 Å². The summed E-state index contributed by atoms with van der Waals surface area (Å²) in [5, 5.41) is 0. The summed E-state index contributed by atoms with van der Waals surface area (Å²) in [6.45, 7) is 3.95. The van der Waals surface area contributed by atoms with Crippen molar-refractivity contribution in [2.45, 2.75) is 264 Å². The highest BCUT2D eigenvalue weighted by Crippen LogP contribution is 2.38. The number of rotatable bonds is 67. The fourth-order valence-corrected chi connectivity index (χ4v) is 10.2. The Kier molecular flexibility index (Phi) is 70.7. The van der Waals surface area contributed by atoms with Crippen LogP contribution in [0.3, 0.4) is 0 Å². The number of likely N-dealkylation sites (N-methyl/N-ethyl adjacent to an activating group) is 1. The number of carbonyl (C=O) groups is 2. The van der Waals surface area contributed by atoms with Crippen LogP contribution in [0.2, 0.25) is 0 Å². The predicted octanol–water partition coefficient (Wildman–Crippen LogP) is 25.1. The Hall–Kier alpha value is -5.93. The van der Waals surface area contributed by atoms with Gasteiger partial charge in [-0.15, -0.1) is 0 Å². The van der Waals surface area contributed by atoms with Crippen LogP contribution in [0.15, 0.2) is 231 Å². The van der Waals surface area contributed by atoms with Gasteiger partial charge in [0.2, 0.25) is 0 Å². The van der Waals surface area contributed by atoms with Gasteiger partial charge >= 0.3 is 11.9 Å². The zero-order chi connectivity index (χ0) is 71.1. The molecule has 0 N–H and O–H groups in total. The second kappa shape index (κ2) is 75.3. The third-order valence-corrected chi connectivity index (χ3v) is 16.1. The van der Waals surface area contributed by atoms with E-state index in [2.05, 4.69) is 245 Å². The number of nitrogens with zero attached hydrogens (tertiary/aromatic N) is 1. The third kappa shape index (κ3) is 79.1. The maximum Gasteiger partial charge on any atom is 0.306 e. The lowest BCUT2D eigenvalue weighted by Gasteiger charge is -2.28. The Morgan fingerprint density at radius 1 is 0.316 bits per heavy atom. The van der Waals surface area contributed by atoms with E-state index in [1.54, 1.807) is 0 Å². The van der Waals surface area contributed by atoms with Gasteiger partial charge in [0.1, 0.15) is 19.8 Å². The number of hydrogen-bond acceptors (Lipinski definition) is 8. The summed E-state index contributed by atoms with van der Waals surface area (Å²) >= 11 is 0. The molecular weight excluding hydrogens is 1230 g/mol. The molecule has 0 saturated carbocycles. The average molecular weight is 1370 g/mol. The fraction of sp³-hybridized carbons (Fsp3) is 0.545. The average Bonchev–Trinajstić information content (AvgIpc) is 1.08. The first-order valence-corrected chi connectivity index (χ1v) is 39.6. The monoisotopic (exact) mass is 1370 g/mol. The van der Waals surface area contributed by atoms with Crippen molar-refractivity contribution in [2.24, 2.45) is 0 Å². The van der Waals surface area contributed by atoms with Crippen LogP contribution in [0.5, 0.6) is 0 Å². The number of unbranched alkanes of at least 4 members (excludes halogenated alkanes) is 15. The third-order valence-electron chi connectivity index (χ3n) is 15.2. The molecule has 0 aromatic carbocycles. The molecule has 0 spiro atoms. The number of phosphoric acid groups is 1. The molecule has 0 amide bonds. The molecule has 0 aromatic rings. The Balaban J connectivity index is 4.18. The van der Waals surface area contributed by atoms with Crippen molar-refractivity contribution in [2.75, 3.05) is 47.5 Å². The molecule has 0 rings (SSSR count). The molecule has 2 atom stereocenters. The van der Waals surface area contributed by atoms with Crippen LogP contribution < -0.4 is 4.89 Å². The molecule has 0 fully saturated rings. The minimum absolute atomic E-state index is 0.0490. The summed E-state index contributed by atoms with van der Waals surface area (Å²) in [5.74, 6) is -0.882. The summed E-state index contributed by atoms with van der Waals surface area (Å²) < 4.78 is 34.3. The van der Waals surface area contributed by atoms with Gasteiger partial charge < -0.3 is 27.9 Å². The van der Waals surface area contributed by atoms with Crippen molar-refractivity contribution < 1.29 is 42.1 Å². The minimum atomic E-state index is -4.67. The van der Waals surface area contributed by atoms with Crippen LogP contribution in [0, 0.1) is 0 Å². The quantitative estimate of drug-likeness (QED) is 0.0195. The fourth-order valence-electron chi connectivity index (χ4n) is 9.44. The molecule has 0 aliphatic carbocycles. The molecule has 9 nitrogen and oxygen atoms in total. The van der Waals surface area contributed by atoms with Crippen molar-refractivity contribution in [3.8, 4) is 0 Å². The molecule has 0 aliphatic rings. The normalized spacial score (nSPS) is 14.4. The Bertz CT molecular complexity index is 2510. The van der Waals surface area contributed by atoms with E-state index in [9.17, 15) is 19.0 Å². The molecular formula is C88H138NO8P. The van der Waals surface area contributed by atoms with Gasteiger partial charge in [0.25, 0.3) is 7.82 Å². The highest BCUT2D eigenvalue weighted by molar-refractivity contribution is 7.45. The SMILES string of the molecule is CC/C=C\C/C=C\C/C=C\C/C=C\C/C=C\C/C=C\C/C=C\C/C=C\C/C=C\C/C=C\C/C=C\C/C=C\CCCCCCC(=O)OC(COC(=O)CCCCCCCCCCCCC/C=C\C/C=C\C/C=C\C/C=C\C/C=C\C/C=C\C/C=C\CC)COP(=O)([O-])OCC[N+](C)(C)C. The van der Waals surface area contributed by atoms with Crippen LogP contribution in [0.25, 0.3) is 0 Å². The second-order valence-corrected chi connectivity index (χ2v) is 27.0. The zero-order valence-corrected chi connectivity index (χ0v) is 63.3. The van der Waals surface area contributed by atoms with E-state index >= 15 is 0 Å². The molecule has 0 radical (unpaired) electrons. The molecule has 0 aromatic heterocycles. The molecule has 0 saturated heterocycles. The van der Waals surface area contributed by atoms with Gasteiger partial charge in [0, 0.05) is 12.8 Å². The van der Waals surface area contributed by atoms with E-state index in [1.165, 1.54) is 44.9 Å². The summed E-state index contributed by atoms with van der Waals surface area (Å²) in [7, 11) is 1.12. The summed E-state index contributed by atoms with van der Waals surface area (Å²) in [4.78, 5) is 38.1. The van der Waals surface area contributed by atoms with Gasteiger partial charge in [0.15, 0.2) is 6.10 Å². The topological polar surface area (TPSA) is 111 Å². The van der Waals surface area contributed by atoms with Crippen LogP contribution >= 0.6 is 7.82 Å². The molecule has 0 aliphatic heterocycles. The summed E-state index contributed by atoms with van der Waals surface area (Å²) in [6.07, 6.45) is 121. The van der Waals surface area contributed by atoms with Gasteiger partial charge in [-0.1, -0.05) is 315 Å². The Morgan fingerprint density at radius 3 is 0.816 bits per heavy atom. The van der Waals surface area contributed by atoms with E-state index in [4.69, 9.17) is 18.5 Å². The highest BCUT2D eigenvalue weighted by atomic mass is 31.2. The van der Waals surface area contributed by atoms with E-state index in [0.29, 0.717) is 23.9 Å². The zero-order valence-electron chi connectivity index (χ0n) is 62.4. The molecule has 10 heteroatoms. The van der Waals surface area contributed by atoms with Crippen LogP contribution in [0.4, 0.5) is 0 Å². The number of esters is 2. The maximum atomic E-state index is 12.9. The van der Waals surface area contributed by atoms with Gasteiger partial charge in [-0.2, -0.15) is 0 Å². The van der Waals surface area contributed by atoms with Crippen LogP contribution in [-0.4, -0.2) is 70.0 Å². The van der Waals surface area contributed by atoms with Gasteiger partial charge in [-0.3, -0.25) is 14.2 Å². The number of allylic oxidation sites excluding steroid dienone is 38. The molecule has 0 heterocycles. The molecule has 2 unspecified atom stereocenters. The standard InChI is InChI=1S/C88H138NO8P/c1-6-8-10-12-14-16-18-20-22-24-26-28-30-32-34-36-38-40-41-42-43-44-45-46-47-49-51-53-55-57-59-61-63-65-67-69-71-73-75-77-79-81-88(91)97-86(85-96-98(92,93)95-83-82-89(3,4)5)84-94-87(90)80-78-76-74-72-70-68-66-64-62-60-58-56-54-52-50-48-39-37-35-33-31-29-27-25-23-21-19-17-15-13-11-9-7-2/h8-11,14-17,20-23,26-29,32-35,38-40,42-43,45-46,48-49,51-52,54-55,57,61,63,67,69,86H,6-7,12-13,18-19,24-25,30-31,36-37,41,44,47,50,53,56,58-60,62,64-66,68,70-85H2,1-5H3/b10-8-,11-9-,16-14-,17-15-,22-20-,23-21-,28-26-,29-27-,34-32-,35-33-,40-38-,43-42-,46-45-,48-39-,51-49-,54-52-,57-55-,63-61-,69-67-. The van der Waals surface area contributed by atoms with E-state index in [1.807, 2.05) is 21.1 Å². The van der Waals surface area contributed by atoms with Crippen molar-refractivity contribution in [1.82, 2.24) is 0 Å². The lowest BCUT2D eigenvalue weighted by atomic mass is 10.0. The molecule has 548 valence electrons. The Labute approximate surface area is 600 Å². The minimum Gasteiger partial charge on any atom is -0.756 e. The molecule has 98 heavy (non-hydrogen) atoms. The van der Waals surface area contributed by atoms with E-state index < -0.39 is 32.5 Å². The van der Waals surface area contributed by atoms with Gasteiger partial charge in [-0.05, 0) is 161 Å². The largest absolute Gasteiger partial charge is 0.756 e. The summed E-state index contributed by atoms with van der Waals surface area (Å²) in [5.41, 5.74) is 0. The summed E-state index contributed by atoms with van der Waals surface area (Å²) in [6, 6.07) is 0. The highest BCUT2D eigenvalue weighted by Gasteiger charge is 2.22. The molecule has 0 bridgehead atoms. The predicted molar refractivity (Wildman–Crippen MR) is 424 cm³/mol. The van der Waals surface area contributed by atoms with Crippen molar-refractivity contribution in [3.63, 3.8) is 0 Å². The van der Waals surface area contributed by atoms with E-state index in [0.717, 1.165) is 173 Å². The first-order chi connectivity index (χ1) is 48.0. The van der Waals surface area contributed by atoms with Crippen molar-refractivity contribution in [1.29, 1.82) is 0 Å². The van der Waals surface area contributed by atoms with Crippen molar-refractivity contribution >= 4 is 19.8 Å². The first kappa shape index (κ1) is 92.1. The second-order valence-electron chi connectivity index (χ2n) is 25.5. The van der Waals surface area contributed by atoms with Crippen molar-refractivity contribution in [3.05, 3.63) is 231 Å². The van der Waals surface area contributed by atoms with Gasteiger partial charge in [0.05, 0.1) is 27.7 Å². The lowest BCUT2D eigenvalue weighted by Crippen LogP contribution is -2.37. The number of carbonyl (C=O) groups excluding carboxylic acids is 2. The number of hydrogen-bond donors (Lipinski definition) is 0. The van der Waals surface area contributed by atoms with Gasteiger partial charge in [-0.25, -0.2) is 0 Å². The van der Waals surface area contributed by atoms with Crippen LogP contribution in [-0.2, 0) is 32.7 Å². The lowest BCUT2D eigenvalue weighted by molar-refractivity contribution is -0.870. The number of quaternary nitrogens is 1. The maximum absolute atomic E-state index is 12.9. The Morgan fingerprint density at radius 2 is 0.551 bits per heavy atom. The van der Waals surface area contributed by atoms with Crippen LogP contribution in [0.1, 0.15) is 258 Å². The number of ether oxygens (including phenoxy) is 2. The first-order valence-electron chi connectivity index (χ1n) is 38.1. The smallest absolute Gasteiger partial charge is 0.306 e. The number of phosphoric ester groups is 1.